The highest BCUT2D eigenvalue weighted by atomic mass is 31.2. The standard InChI is InChI=1S/C48H78NO9P/c1-6-8-10-12-14-15-16-17-18-19-20-21-22-23-24-25-27-31-35-39-47(51)55-43-46(44-57-59(53,54)56-42-41-49(3,4)5)58-48(52)40-36-32-28-30-34-38-45(50)37-33-29-26-13-11-9-7-2/h8-11,14-15,17-18,20-21,23-24,26-27,29,31,33,37,45-46,50H,6-7,12-13,16,19,22,25,28,30,32,34-36,38-44H2,1-5H3/b10-8-,11-9+,15-14-,18-17-,21-20-,24-23-,29-26+,31-27-,37-33+/t45?,46-/m1/s1. The molecular formula is C48H78NO9P. The van der Waals surface area contributed by atoms with Crippen LogP contribution in [-0.2, 0) is 32.7 Å². The lowest BCUT2D eigenvalue weighted by atomic mass is 10.1. The van der Waals surface area contributed by atoms with E-state index in [1.54, 1.807) is 6.08 Å². The van der Waals surface area contributed by atoms with Crippen LogP contribution >= 0.6 is 7.82 Å². The maximum Gasteiger partial charge on any atom is 0.306 e. The number of rotatable bonds is 37. The number of likely N-dealkylation sites (N-methyl/N-ethyl adjacent to an activating group) is 1. The second kappa shape index (κ2) is 38.8. The molecule has 0 saturated carbocycles. The first-order valence-electron chi connectivity index (χ1n) is 21.7. The third-order valence-electron chi connectivity index (χ3n) is 8.41. The number of phosphoric acid groups is 1. The third-order valence-corrected chi connectivity index (χ3v) is 9.37. The summed E-state index contributed by atoms with van der Waals surface area (Å²) in [5.41, 5.74) is 0. The number of aliphatic hydroxyl groups is 1. The second-order valence-electron chi connectivity index (χ2n) is 15.1. The monoisotopic (exact) mass is 844 g/mol. The molecule has 59 heavy (non-hydrogen) atoms. The first-order valence-corrected chi connectivity index (χ1v) is 23.2. The Balaban J connectivity index is 4.60. The maximum atomic E-state index is 12.7. The number of esters is 2. The molecule has 1 N–H and O–H groups in total. The smallest absolute Gasteiger partial charge is 0.306 e. The second-order valence-corrected chi connectivity index (χ2v) is 16.6. The van der Waals surface area contributed by atoms with Crippen molar-refractivity contribution < 1.29 is 47.2 Å². The fourth-order valence-electron chi connectivity index (χ4n) is 5.04. The van der Waals surface area contributed by atoms with Gasteiger partial charge in [-0.15, -0.1) is 0 Å². The lowest BCUT2D eigenvalue weighted by molar-refractivity contribution is -0.870. The van der Waals surface area contributed by atoms with Gasteiger partial charge in [-0.05, 0) is 70.6 Å². The van der Waals surface area contributed by atoms with E-state index in [2.05, 4.69) is 86.8 Å². The van der Waals surface area contributed by atoms with Gasteiger partial charge in [-0.2, -0.15) is 0 Å². The molecule has 11 heteroatoms. The molecule has 0 aromatic heterocycles. The molecule has 3 atom stereocenters. The first kappa shape index (κ1) is 55.6. The van der Waals surface area contributed by atoms with Gasteiger partial charge >= 0.3 is 11.9 Å². The largest absolute Gasteiger partial charge is 0.756 e. The molecule has 0 saturated heterocycles. The Labute approximate surface area is 358 Å². The number of hydrogen-bond donors (Lipinski definition) is 1. The van der Waals surface area contributed by atoms with Crippen molar-refractivity contribution in [3.8, 4) is 0 Å². The van der Waals surface area contributed by atoms with E-state index in [1.807, 2.05) is 51.5 Å². The van der Waals surface area contributed by atoms with Gasteiger partial charge in [0, 0.05) is 12.8 Å². The molecule has 0 amide bonds. The summed E-state index contributed by atoms with van der Waals surface area (Å²) in [6.07, 6.45) is 48.7. The Morgan fingerprint density at radius 3 is 1.69 bits per heavy atom. The topological polar surface area (TPSA) is 131 Å². The van der Waals surface area contributed by atoms with Crippen molar-refractivity contribution in [2.45, 2.75) is 135 Å². The highest BCUT2D eigenvalue weighted by Crippen LogP contribution is 2.38. The Morgan fingerprint density at radius 1 is 0.627 bits per heavy atom. The average molecular weight is 844 g/mol. The van der Waals surface area contributed by atoms with Gasteiger partial charge < -0.3 is 33.0 Å². The van der Waals surface area contributed by atoms with Crippen LogP contribution in [0.5, 0.6) is 0 Å². The zero-order valence-electron chi connectivity index (χ0n) is 37.0. The molecule has 0 bridgehead atoms. The number of hydrogen-bond acceptors (Lipinski definition) is 9. The van der Waals surface area contributed by atoms with Crippen molar-refractivity contribution in [2.75, 3.05) is 47.5 Å². The van der Waals surface area contributed by atoms with Crippen LogP contribution in [0.3, 0.4) is 0 Å². The molecular weight excluding hydrogens is 765 g/mol. The summed E-state index contributed by atoms with van der Waals surface area (Å²) in [5, 5.41) is 10.2. The highest BCUT2D eigenvalue weighted by Gasteiger charge is 2.21. The zero-order chi connectivity index (χ0) is 43.7. The molecule has 0 aromatic rings. The third kappa shape index (κ3) is 42.6. The maximum absolute atomic E-state index is 12.7. The van der Waals surface area contributed by atoms with Gasteiger partial charge in [-0.1, -0.05) is 149 Å². The zero-order valence-corrected chi connectivity index (χ0v) is 37.9. The average Bonchev–Trinajstić information content (AvgIpc) is 3.18. The van der Waals surface area contributed by atoms with Crippen molar-refractivity contribution in [2.24, 2.45) is 0 Å². The van der Waals surface area contributed by atoms with Crippen LogP contribution in [0.2, 0.25) is 0 Å². The summed E-state index contributed by atoms with van der Waals surface area (Å²) in [6.45, 7) is 3.74. The fourth-order valence-corrected chi connectivity index (χ4v) is 5.77. The normalized spacial score (nSPS) is 15.2. The summed E-state index contributed by atoms with van der Waals surface area (Å²) in [4.78, 5) is 37.5. The molecule has 2 unspecified atom stereocenters. The Kier molecular flexibility index (Phi) is 36.6. The quantitative estimate of drug-likeness (QED) is 0.0162. The van der Waals surface area contributed by atoms with Crippen LogP contribution in [0.15, 0.2) is 109 Å². The van der Waals surface area contributed by atoms with E-state index in [1.165, 1.54) is 0 Å². The SMILES string of the molecule is CC/C=C\C/C=C\C/C=C\C/C=C\C/C=C\C/C=C\CCC(=O)OC[C@H](COP(=O)([O-])OCC[N+](C)(C)C)OC(=O)CCCCCCCC(O)/C=C/C=C/C/C=C/CC. The number of unbranched alkanes of at least 4 members (excludes halogenated alkanes) is 4. The van der Waals surface area contributed by atoms with E-state index < -0.39 is 38.6 Å². The van der Waals surface area contributed by atoms with Crippen LogP contribution in [0.4, 0.5) is 0 Å². The molecule has 0 radical (unpaired) electrons. The predicted octanol–water partition coefficient (Wildman–Crippen LogP) is 10.7. The molecule has 334 valence electrons. The van der Waals surface area contributed by atoms with Crippen molar-refractivity contribution >= 4 is 19.8 Å². The number of ether oxygens (including phenoxy) is 2. The van der Waals surface area contributed by atoms with E-state index in [9.17, 15) is 24.2 Å². The van der Waals surface area contributed by atoms with Gasteiger partial charge in [0.05, 0.1) is 33.9 Å². The number of carbonyl (C=O) groups excluding carboxylic acids is 2. The van der Waals surface area contributed by atoms with Crippen LogP contribution in [0.25, 0.3) is 0 Å². The lowest BCUT2D eigenvalue weighted by Crippen LogP contribution is -2.37. The van der Waals surface area contributed by atoms with Crippen LogP contribution in [-0.4, -0.2) is 81.2 Å². The summed E-state index contributed by atoms with van der Waals surface area (Å²) >= 11 is 0. The number of aliphatic hydroxyl groups excluding tert-OH is 1. The Bertz CT molecular complexity index is 1380. The predicted molar refractivity (Wildman–Crippen MR) is 241 cm³/mol. The van der Waals surface area contributed by atoms with Crippen molar-refractivity contribution in [1.82, 2.24) is 0 Å². The van der Waals surface area contributed by atoms with Crippen LogP contribution < -0.4 is 4.89 Å². The van der Waals surface area contributed by atoms with Gasteiger partial charge in [0.2, 0.25) is 0 Å². The van der Waals surface area contributed by atoms with Crippen molar-refractivity contribution in [3.63, 3.8) is 0 Å². The molecule has 0 fully saturated rings. The summed E-state index contributed by atoms with van der Waals surface area (Å²) in [6, 6.07) is 0. The number of quaternary nitrogens is 1. The molecule has 0 aliphatic carbocycles. The number of allylic oxidation sites excluding steroid dienone is 17. The molecule has 0 heterocycles. The van der Waals surface area contributed by atoms with E-state index in [0.717, 1.165) is 77.0 Å². The van der Waals surface area contributed by atoms with E-state index in [0.29, 0.717) is 30.3 Å². The fraction of sp³-hybridized carbons (Fsp3) is 0.583. The summed E-state index contributed by atoms with van der Waals surface area (Å²) < 4.78 is 33.7. The van der Waals surface area contributed by atoms with Gasteiger partial charge in [0.25, 0.3) is 7.82 Å². The molecule has 0 rings (SSSR count). The minimum absolute atomic E-state index is 0.0669. The number of phosphoric ester groups is 1. The number of nitrogens with zero attached hydrogens (tertiary/aromatic N) is 1. The lowest BCUT2D eigenvalue weighted by Gasteiger charge is -2.28. The molecule has 0 spiro atoms. The molecule has 0 aliphatic heterocycles. The van der Waals surface area contributed by atoms with Crippen molar-refractivity contribution in [3.05, 3.63) is 109 Å². The van der Waals surface area contributed by atoms with Gasteiger partial charge in [-0.25, -0.2) is 0 Å². The highest BCUT2D eigenvalue weighted by molar-refractivity contribution is 7.45. The van der Waals surface area contributed by atoms with Gasteiger partial charge in [0.1, 0.15) is 19.8 Å². The van der Waals surface area contributed by atoms with Crippen LogP contribution in [0, 0.1) is 0 Å². The molecule has 0 aromatic carbocycles. The van der Waals surface area contributed by atoms with Crippen LogP contribution in [0.1, 0.15) is 123 Å². The van der Waals surface area contributed by atoms with Gasteiger partial charge in [0.15, 0.2) is 6.10 Å². The molecule has 10 nitrogen and oxygen atoms in total. The molecule has 0 aliphatic rings. The Hall–Kier alpha value is -3.37. The Morgan fingerprint density at radius 2 is 1.14 bits per heavy atom. The van der Waals surface area contributed by atoms with E-state index >= 15 is 0 Å². The van der Waals surface area contributed by atoms with Crippen molar-refractivity contribution in [1.29, 1.82) is 0 Å². The number of carbonyl (C=O) groups is 2. The minimum Gasteiger partial charge on any atom is -0.756 e. The van der Waals surface area contributed by atoms with E-state index in [4.69, 9.17) is 18.5 Å². The minimum atomic E-state index is -4.68. The summed E-state index contributed by atoms with van der Waals surface area (Å²) in [5.74, 6) is -1.02. The van der Waals surface area contributed by atoms with E-state index in [-0.39, 0.29) is 26.1 Å². The van der Waals surface area contributed by atoms with Gasteiger partial charge in [-0.3, -0.25) is 14.2 Å². The summed E-state index contributed by atoms with van der Waals surface area (Å²) in [7, 11) is 1.04. The first-order chi connectivity index (χ1) is 28.4.